The molecule has 1 unspecified atom stereocenters. The van der Waals surface area contributed by atoms with E-state index in [1.807, 2.05) is 0 Å². The van der Waals surface area contributed by atoms with Crippen LogP contribution >= 0.6 is 0 Å². The maximum absolute atomic E-state index is 5.69. The molecule has 0 aromatic heterocycles. The van der Waals surface area contributed by atoms with Crippen molar-refractivity contribution in [3.8, 4) is 0 Å². The second-order valence-electron chi connectivity index (χ2n) is 6.02. The summed E-state index contributed by atoms with van der Waals surface area (Å²) in [5, 5.41) is 3.70. The molecule has 3 nitrogen and oxygen atoms in total. The van der Waals surface area contributed by atoms with Crippen molar-refractivity contribution in [3.63, 3.8) is 0 Å². The van der Waals surface area contributed by atoms with E-state index < -0.39 is 0 Å². The van der Waals surface area contributed by atoms with E-state index in [4.69, 9.17) is 4.74 Å². The molecule has 2 rings (SSSR count). The van der Waals surface area contributed by atoms with Crippen LogP contribution in [0.25, 0.3) is 0 Å². The van der Waals surface area contributed by atoms with Gasteiger partial charge in [0.05, 0.1) is 6.61 Å². The smallest absolute Gasteiger partial charge is 0.0593 e. The van der Waals surface area contributed by atoms with Crippen LogP contribution in [0.2, 0.25) is 0 Å². The molecule has 1 heterocycles. The number of hydrogen-bond donors (Lipinski definition) is 1. The number of rotatable bonds is 6. The Hall–Kier alpha value is -0.120. The molecule has 0 spiro atoms. The van der Waals surface area contributed by atoms with Gasteiger partial charge in [-0.1, -0.05) is 13.8 Å². The van der Waals surface area contributed by atoms with Gasteiger partial charge in [-0.05, 0) is 44.2 Å². The fourth-order valence-electron chi connectivity index (χ4n) is 2.55. The molecule has 1 aliphatic heterocycles. The zero-order chi connectivity index (χ0) is 12.1. The number of nitrogens with zero attached hydrogens (tertiary/aromatic N) is 1. The van der Waals surface area contributed by atoms with Gasteiger partial charge >= 0.3 is 0 Å². The molecule has 0 bridgehead atoms. The van der Waals surface area contributed by atoms with E-state index in [1.54, 1.807) is 0 Å². The molecule has 0 amide bonds. The number of hydrogen-bond acceptors (Lipinski definition) is 3. The first-order valence-electron chi connectivity index (χ1n) is 7.29. The predicted octanol–water partition coefficient (Wildman–Crippen LogP) is 1.73. The van der Waals surface area contributed by atoms with Crippen LogP contribution < -0.4 is 5.32 Å². The summed E-state index contributed by atoms with van der Waals surface area (Å²) in [6.07, 6.45) is 4.16. The van der Waals surface area contributed by atoms with E-state index in [9.17, 15) is 0 Å². The molecule has 0 aromatic rings. The lowest BCUT2D eigenvalue weighted by Gasteiger charge is -2.24. The Bertz CT molecular complexity index is 216. The molecule has 1 atom stereocenters. The monoisotopic (exact) mass is 240 g/mol. The van der Waals surface area contributed by atoms with Crippen LogP contribution in [0.3, 0.4) is 0 Å². The standard InChI is InChI=1S/C14H28N2O/c1-12(2)11-17-9-8-16-7-3-6-15-14(10-16)13-4-5-13/h12-15H,3-11H2,1-2H3. The third kappa shape index (κ3) is 4.94. The van der Waals surface area contributed by atoms with Crippen LogP contribution in [0, 0.1) is 11.8 Å². The summed E-state index contributed by atoms with van der Waals surface area (Å²) in [6, 6.07) is 0.752. The van der Waals surface area contributed by atoms with Crippen molar-refractivity contribution < 1.29 is 4.74 Å². The highest BCUT2D eigenvalue weighted by atomic mass is 16.5. The third-order valence-corrected chi connectivity index (χ3v) is 3.71. The zero-order valence-electron chi connectivity index (χ0n) is 11.5. The van der Waals surface area contributed by atoms with Gasteiger partial charge in [0.15, 0.2) is 0 Å². The van der Waals surface area contributed by atoms with Gasteiger partial charge in [-0.25, -0.2) is 0 Å². The first kappa shape index (κ1) is 13.3. The van der Waals surface area contributed by atoms with Gasteiger partial charge < -0.3 is 10.1 Å². The minimum Gasteiger partial charge on any atom is -0.380 e. The van der Waals surface area contributed by atoms with Crippen molar-refractivity contribution in [1.29, 1.82) is 0 Å². The molecule has 1 aliphatic carbocycles. The summed E-state index contributed by atoms with van der Waals surface area (Å²) in [6.45, 7) is 11.0. The molecule has 0 radical (unpaired) electrons. The summed E-state index contributed by atoms with van der Waals surface area (Å²) in [4.78, 5) is 2.59. The van der Waals surface area contributed by atoms with Crippen LogP contribution in [0.5, 0.6) is 0 Å². The Kier molecular flexibility index (Phi) is 5.26. The maximum atomic E-state index is 5.69. The molecule has 2 aliphatic rings. The van der Waals surface area contributed by atoms with Crippen molar-refractivity contribution in [1.82, 2.24) is 10.2 Å². The molecule has 1 saturated carbocycles. The highest BCUT2D eigenvalue weighted by Crippen LogP contribution is 2.33. The topological polar surface area (TPSA) is 24.5 Å². The van der Waals surface area contributed by atoms with Crippen molar-refractivity contribution in [3.05, 3.63) is 0 Å². The minimum atomic E-state index is 0.653. The number of nitrogens with one attached hydrogen (secondary N) is 1. The zero-order valence-corrected chi connectivity index (χ0v) is 11.5. The predicted molar refractivity (Wildman–Crippen MR) is 71.2 cm³/mol. The first-order valence-corrected chi connectivity index (χ1v) is 7.29. The van der Waals surface area contributed by atoms with E-state index >= 15 is 0 Å². The summed E-state index contributed by atoms with van der Waals surface area (Å²) in [5.74, 6) is 1.62. The second kappa shape index (κ2) is 6.72. The summed E-state index contributed by atoms with van der Waals surface area (Å²) in [7, 11) is 0. The van der Waals surface area contributed by atoms with Crippen LogP contribution in [0.1, 0.15) is 33.1 Å². The van der Waals surface area contributed by atoms with Gasteiger partial charge in [0.25, 0.3) is 0 Å². The number of ether oxygens (including phenoxy) is 1. The third-order valence-electron chi connectivity index (χ3n) is 3.71. The van der Waals surface area contributed by atoms with Gasteiger partial charge in [-0.15, -0.1) is 0 Å². The largest absolute Gasteiger partial charge is 0.380 e. The van der Waals surface area contributed by atoms with Gasteiger partial charge in [-0.2, -0.15) is 0 Å². The van der Waals surface area contributed by atoms with Crippen molar-refractivity contribution in [2.24, 2.45) is 11.8 Å². The summed E-state index contributed by atoms with van der Waals surface area (Å²) >= 11 is 0. The molecule has 1 N–H and O–H groups in total. The summed E-state index contributed by atoms with van der Waals surface area (Å²) in [5.41, 5.74) is 0. The molecule has 100 valence electrons. The van der Waals surface area contributed by atoms with Gasteiger partial charge in [0.1, 0.15) is 0 Å². The first-order chi connectivity index (χ1) is 8.25. The lowest BCUT2D eigenvalue weighted by molar-refractivity contribution is 0.0843. The normalized spacial score (nSPS) is 27.4. The Balaban J connectivity index is 1.64. The Morgan fingerprint density at radius 2 is 2.18 bits per heavy atom. The highest BCUT2D eigenvalue weighted by molar-refractivity contribution is 4.89. The fraction of sp³-hybridized carbons (Fsp3) is 1.00. The molecular formula is C14H28N2O. The van der Waals surface area contributed by atoms with Crippen molar-refractivity contribution in [2.75, 3.05) is 39.4 Å². The highest BCUT2D eigenvalue weighted by Gasteiger charge is 2.32. The van der Waals surface area contributed by atoms with E-state index in [1.165, 1.54) is 38.9 Å². The Labute approximate surface area is 106 Å². The average molecular weight is 240 g/mol. The van der Waals surface area contributed by atoms with Crippen LogP contribution in [0.4, 0.5) is 0 Å². The molecule has 0 aromatic carbocycles. The van der Waals surface area contributed by atoms with Crippen LogP contribution in [-0.4, -0.2) is 50.3 Å². The quantitative estimate of drug-likeness (QED) is 0.716. The van der Waals surface area contributed by atoms with Crippen molar-refractivity contribution in [2.45, 2.75) is 39.2 Å². The molecule has 1 saturated heterocycles. The second-order valence-corrected chi connectivity index (χ2v) is 6.02. The molecule has 17 heavy (non-hydrogen) atoms. The molecule has 2 fully saturated rings. The molecule has 3 heteroatoms. The van der Waals surface area contributed by atoms with Gasteiger partial charge in [0, 0.05) is 25.7 Å². The van der Waals surface area contributed by atoms with E-state index in [-0.39, 0.29) is 0 Å². The Morgan fingerprint density at radius 1 is 1.35 bits per heavy atom. The van der Waals surface area contributed by atoms with Gasteiger partial charge in [0.2, 0.25) is 0 Å². The van der Waals surface area contributed by atoms with E-state index in [0.717, 1.165) is 31.7 Å². The minimum absolute atomic E-state index is 0.653. The Morgan fingerprint density at radius 3 is 2.88 bits per heavy atom. The van der Waals surface area contributed by atoms with Crippen LogP contribution in [-0.2, 0) is 4.74 Å². The van der Waals surface area contributed by atoms with E-state index in [2.05, 4.69) is 24.1 Å². The summed E-state index contributed by atoms with van der Waals surface area (Å²) < 4.78 is 5.69. The lowest BCUT2D eigenvalue weighted by Crippen LogP contribution is -2.40. The van der Waals surface area contributed by atoms with E-state index in [0.29, 0.717) is 5.92 Å². The average Bonchev–Trinajstić information content (AvgIpc) is 3.10. The van der Waals surface area contributed by atoms with Crippen LogP contribution in [0.15, 0.2) is 0 Å². The maximum Gasteiger partial charge on any atom is 0.0593 e. The SMILES string of the molecule is CC(C)COCCN1CCCNC(C2CC2)C1. The lowest BCUT2D eigenvalue weighted by atomic mass is 10.2. The fourth-order valence-corrected chi connectivity index (χ4v) is 2.55. The van der Waals surface area contributed by atoms with Gasteiger partial charge in [-0.3, -0.25) is 4.90 Å². The molecular weight excluding hydrogens is 212 g/mol. The van der Waals surface area contributed by atoms with Crippen molar-refractivity contribution >= 4 is 0 Å².